The van der Waals surface area contributed by atoms with E-state index < -0.39 is 137 Å². The summed E-state index contributed by atoms with van der Waals surface area (Å²) in [5.41, 5.74) is 0. The molecule has 3 heterocycles. The molecule has 3 saturated heterocycles. The number of carboxylic acid groups (broad SMARTS) is 2. The van der Waals surface area contributed by atoms with E-state index in [1.807, 2.05) is 0 Å². The molecule has 3 aliphatic rings. The Morgan fingerprint density at radius 1 is 0.805 bits per heavy atom. The van der Waals surface area contributed by atoms with Crippen molar-refractivity contribution in [1.82, 2.24) is 0 Å². The Hall–Kier alpha value is -1.66. The fourth-order valence-electron chi connectivity index (χ4n) is 4.70. The quantitative estimate of drug-likeness (QED) is 0.0831. The van der Waals surface area contributed by atoms with Gasteiger partial charge in [-0.15, -0.1) is 0 Å². The predicted molar refractivity (Wildman–Crippen MR) is 123 cm³/mol. The average Bonchev–Trinajstić information content (AvgIpc) is 3.41. The smallest absolute Gasteiger partial charge is 0.329 e. The summed E-state index contributed by atoms with van der Waals surface area (Å²) < 4.78 is 38.2. The third-order valence-corrected chi connectivity index (χ3v) is 6.84. The molecule has 0 radical (unpaired) electrons. The molecule has 238 valence electrons. The number of aliphatic hydroxyl groups excluding tert-OH is 8. The highest BCUT2D eigenvalue weighted by molar-refractivity contribution is 5.68. The molecule has 0 saturated carbocycles. The van der Waals surface area contributed by atoms with Crippen LogP contribution in [0.1, 0.15) is 6.42 Å². The number of aliphatic carboxylic acids is 2. The van der Waals surface area contributed by atoms with Crippen molar-refractivity contribution in [3.8, 4) is 0 Å². The number of carbonyl (C=O) groups is 2. The van der Waals surface area contributed by atoms with Crippen molar-refractivity contribution in [1.29, 1.82) is 0 Å². The second kappa shape index (κ2) is 14.2. The molecule has 0 aromatic carbocycles. The van der Waals surface area contributed by atoms with Crippen LogP contribution in [0.15, 0.2) is 0 Å². The molecule has 19 heteroatoms. The monoisotopic (exact) mass is 604 g/mol. The van der Waals surface area contributed by atoms with Crippen LogP contribution in [0, 0.1) is 0 Å². The highest BCUT2D eigenvalue weighted by Gasteiger charge is 2.59. The first-order chi connectivity index (χ1) is 19.3. The molecule has 0 aromatic rings. The average molecular weight is 605 g/mol. The van der Waals surface area contributed by atoms with Gasteiger partial charge in [0.15, 0.2) is 12.1 Å². The van der Waals surface area contributed by atoms with Gasteiger partial charge in [0, 0.05) is 6.42 Å². The molecule has 3 aliphatic heterocycles. The van der Waals surface area contributed by atoms with Crippen LogP contribution in [-0.4, -0.2) is 182 Å². The van der Waals surface area contributed by atoms with Crippen LogP contribution in [0.25, 0.3) is 0 Å². The highest BCUT2D eigenvalue weighted by Crippen LogP contribution is 2.40. The lowest BCUT2D eigenvalue weighted by Crippen LogP contribution is -2.61. The third-order valence-electron chi connectivity index (χ3n) is 6.84. The first kappa shape index (κ1) is 33.8. The van der Waals surface area contributed by atoms with Gasteiger partial charge in [-0.25, -0.2) is 9.59 Å². The molecule has 0 aromatic heterocycles. The second-order valence-corrected chi connectivity index (χ2v) is 9.77. The van der Waals surface area contributed by atoms with Crippen molar-refractivity contribution < 1.29 is 93.8 Å². The summed E-state index contributed by atoms with van der Waals surface area (Å²) in [6, 6.07) is 0. The van der Waals surface area contributed by atoms with Crippen LogP contribution < -0.4 is 0 Å². The summed E-state index contributed by atoms with van der Waals surface area (Å²) in [6.07, 6.45) is -16.6. The zero-order chi connectivity index (χ0) is 30.5. The minimum Gasteiger partial charge on any atom is -0.480 e. The van der Waals surface area contributed by atoms with Gasteiger partial charge in [-0.2, -0.15) is 0 Å². The van der Waals surface area contributed by atoms with E-state index in [-0.39, 0.29) is 0 Å². The van der Waals surface area contributed by atoms with E-state index in [9.17, 15) is 50.4 Å². The number of hydrogen-bond donors (Lipinski definition) is 10. The lowest BCUT2D eigenvalue weighted by Gasteiger charge is -2.43. The number of rotatable bonds is 15. The second-order valence-electron chi connectivity index (χ2n) is 9.77. The van der Waals surface area contributed by atoms with Crippen LogP contribution in [-0.2, 0) is 42.7 Å². The van der Waals surface area contributed by atoms with Crippen LogP contribution in [0.2, 0.25) is 0 Å². The Morgan fingerprint density at radius 2 is 1.46 bits per heavy atom. The summed E-state index contributed by atoms with van der Waals surface area (Å²) in [7, 11) is 0. The van der Waals surface area contributed by atoms with Crippen molar-refractivity contribution in [2.45, 2.75) is 79.2 Å². The molecule has 3 fully saturated rings. The SMILES string of the molecule is O=C(O)COC[C@@H]1O[C@@](CO)(OC[C@]2(O[C@@H]3O[C@H](CO)[C@@H](O)[C@H](O)[C@H]3O)C[C@H](OCC(=O)O)[C@@H](CO)O2)[C@H](O)[C@@H]1O. The van der Waals surface area contributed by atoms with Crippen molar-refractivity contribution in [2.24, 2.45) is 0 Å². The minimum atomic E-state index is -2.36. The standard InChI is InChI=1S/C22H36O19/c23-2-10-9(36-6-14(28)29)1-21(39-10,41-20-18(33)17(32)15(30)11(3-24)38-20)8-37-22(7-25)19(34)16(31)12(40-22)4-35-5-13(26)27/h9-12,15-20,23-25,30-34H,1-8H2,(H,26,27)(H,28,29)/t9-,10+,11+,12-,15+,16+,17-,18+,19+,20-,21+,22+/m0/s1. The maximum Gasteiger partial charge on any atom is 0.329 e. The molecular formula is C22H36O19. The molecule has 3 rings (SSSR count). The fraction of sp³-hybridized carbons (Fsp3) is 0.909. The van der Waals surface area contributed by atoms with Crippen LogP contribution in [0.5, 0.6) is 0 Å². The Kier molecular flexibility index (Phi) is 11.7. The van der Waals surface area contributed by atoms with Crippen LogP contribution in [0.4, 0.5) is 0 Å². The molecule has 0 unspecified atom stereocenters. The van der Waals surface area contributed by atoms with Crippen LogP contribution >= 0.6 is 0 Å². The van der Waals surface area contributed by atoms with Crippen molar-refractivity contribution in [2.75, 3.05) is 46.2 Å². The van der Waals surface area contributed by atoms with Gasteiger partial charge in [0.2, 0.25) is 5.79 Å². The van der Waals surface area contributed by atoms with Gasteiger partial charge in [0.1, 0.15) is 75.3 Å². The number of ether oxygens (including phenoxy) is 7. The van der Waals surface area contributed by atoms with Gasteiger partial charge >= 0.3 is 11.9 Å². The first-order valence-corrected chi connectivity index (χ1v) is 12.5. The first-order valence-electron chi connectivity index (χ1n) is 12.5. The van der Waals surface area contributed by atoms with E-state index in [0.29, 0.717) is 0 Å². The molecule has 0 spiro atoms. The Morgan fingerprint density at radius 3 is 2.05 bits per heavy atom. The van der Waals surface area contributed by atoms with E-state index in [2.05, 4.69) is 0 Å². The molecule has 0 bridgehead atoms. The maximum absolute atomic E-state index is 11.0. The van der Waals surface area contributed by atoms with E-state index in [1.54, 1.807) is 0 Å². The van der Waals surface area contributed by atoms with Crippen molar-refractivity contribution >= 4 is 11.9 Å². The summed E-state index contributed by atoms with van der Waals surface area (Å²) in [4.78, 5) is 21.8. The van der Waals surface area contributed by atoms with Gasteiger partial charge in [0.25, 0.3) is 0 Å². The van der Waals surface area contributed by atoms with Gasteiger partial charge in [-0.05, 0) is 0 Å². The summed E-state index contributed by atoms with van der Waals surface area (Å²) in [5.74, 6) is -7.16. The number of aliphatic hydroxyl groups is 8. The zero-order valence-corrected chi connectivity index (χ0v) is 21.6. The van der Waals surface area contributed by atoms with Gasteiger partial charge in [0.05, 0.1) is 25.9 Å². The van der Waals surface area contributed by atoms with Crippen molar-refractivity contribution in [3.63, 3.8) is 0 Å². The van der Waals surface area contributed by atoms with Gasteiger partial charge < -0.3 is 84.2 Å². The lowest BCUT2D eigenvalue weighted by atomic mass is 9.99. The molecule has 0 amide bonds. The Balaban J connectivity index is 1.84. The van der Waals surface area contributed by atoms with E-state index in [1.165, 1.54) is 0 Å². The largest absolute Gasteiger partial charge is 0.480 e. The van der Waals surface area contributed by atoms with E-state index in [4.69, 9.17) is 43.4 Å². The number of carboxylic acids is 2. The normalized spacial score (nSPS) is 42.9. The fourth-order valence-corrected chi connectivity index (χ4v) is 4.70. The van der Waals surface area contributed by atoms with Gasteiger partial charge in [-0.3, -0.25) is 0 Å². The molecule has 10 N–H and O–H groups in total. The molecule has 41 heavy (non-hydrogen) atoms. The summed E-state index contributed by atoms with van der Waals surface area (Å²) in [5, 5.41) is 98.9. The highest BCUT2D eigenvalue weighted by atomic mass is 16.8. The predicted octanol–water partition coefficient (Wildman–Crippen LogP) is -6.32. The zero-order valence-electron chi connectivity index (χ0n) is 21.6. The van der Waals surface area contributed by atoms with Crippen LogP contribution in [0.3, 0.4) is 0 Å². The lowest BCUT2D eigenvalue weighted by molar-refractivity contribution is -0.388. The Labute approximate surface area is 231 Å². The maximum atomic E-state index is 11.0. The van der Waals surface area contributed by atoms with Gasteiger partial charge in [-0.1, -0.05) is 0 Å². The van der Waals surface area contributed by atoms with Crippen molar-refractivity contribution in [3.05, 3.63) is 0 Å². The van der Waals surface area contributed by atoms with E-state index >= 15 is 0 Å². The topological polar surface area (TPSA) is 301 Å². The molecule has 0 aliphatic carbocycles. The summed E-state index contributed by atoms with van der Waals surface area (Å²) >= 11 is 0. The molecule has 19 nitrogen and oxygen atoms in total. The molecule has 12 atom stereocenters. The third kappa shape index (κ3) is 7.65. The minimum absolute atomic E-state index is 0.425. The molecular weight excluding hydrogens is 568 g/mol. The number of hydrogen-bond acceptors (Lipinski definition) is 17. The van der Waals surface area contributed by atoms with E-state index in [0.717, 1.165) is 0 Å². The Bertz CT molecular complexity index is 874. The summed E-state index contributed by atoms with van der Waals surface area (Å²) in [6.45, 7) is -5.51.